The molecular weight excluding hydrogens is 402 g/mol. The lowest BCUT2D eigenvalue weighted by Gasteiger charge is -2.11. The first-order valence-corrected chi connectivity index (χ1v) is 9.56. The minimum atomic E-state index is -0.464. The lowest BCUT2D eigenvalue weighted by molar-refractivity contribution is -0.117. The summed E-state index contributed by atoms with van der Waals surface area (Å²) in [4.78, 5) is 29.3. The quantitative estimate of drug-likeness (QED) is 0.337. The number of rotatable bonds is 7. The van der Waals surface area contributed by atoms with Crippen LogP contribution in [-0.2, 0) is 4.79 Å². The molecule has 3 rings (SSSR count). The Balaban J connectivity index is 1.90. The van der Waals surface area contributed by atoms with Crippen LogP contribution < -0.4 is 10.6 Å². The molecule has 0 radical (unpaired) electrons. The summed E-state index contributed by atoms with van der Waals surface area (Å²) < 4.78 is 5.79. The second kappa shape index (κ2) is 9.71. The highest BCUT2D eigenvalue weighted by molar-refractivity contribution is 6.31. The van der Waals surface area contributed by atoms with Crippen molar-refractivity contribution in [2.24, 2.45) is 0 Å². The summed E-state index contributed by atoms with van der Waals surface area (Å²) in [6.07, 6.45) is 4.59. The van der Waals surface area contributed by atoms with Crippen molar-refractivity contribution in [1.29, 1.82) is 0 Å². The van der Waals surface area contributed by atoms with Gasteiger partial charge in [-0.1, -0.05) is 35.9 Å². The normalized spacial score (nSPS) is 11.1. The molecule has 2 aromatic heterocycles. The summed E-state index contributed by atoms with van der Waals surface area (Å²) in [5.41, 5.74) is 1.94. The van der Waals surface area contributed by atoms with Crippen molar-refractivity contribution in [1.82, 2.24) is 15.6 Å². The van der Waals surface area contributed by atoms with Gasteiger partial charge in [0.25, 0.3) is 11.8 Å². The fourth-order valence-corrected chi connectivity index (χ4v) is 2.94. The van der Waals surface area contributed by atoms with Crippen LogP contribution in [-0.4, -0.2) is 23.3 Å². The van der Waals surface area contributed by atoms with Crippen molar-refractivity contribution in [3.05, 3.63) is 95.1 Å². The minimum absolute atomic E-state index is 0.0447. The maximum absolute atomic E-state index is 12.7. The molecular formula is C23H20ClN3O3. The van der Waals surface area contributed by atoms with E-state index in [0.29, 0.717) is 27.8 Å². The van der Waals surface area contributed by atoms with Gasteiger partial charge in [-0.25, -0.2) is 4.98 Å². The van der Waals surface area contributed by atoms with Crippen LogP contribution in [0.5, 0.6) is 0 Å². The van der Waals surface area contributed by atoms with Gasteiger partial charge in [-0.05, 0) is 42.8 Å². The number of nitrogens with one attached hydrogen (secondary N) is 2. The molecule has 2 heterocycles. The van der Waals surface area contributed by atoms with Crippen molar-refractivity contribution in [3.8, 4) is 11.3 Å². The minimum Gasteiger partial charge on any atom is -0.457 e. The zero-order chi connectivity index (χ0) is 21.5. The number of halogens is 1. The molecule has 3 aromatic rings. The highest BCUT2D eigenvalue weighted by Gasteiger charge is 2.17. The number of carbonyl (C=O) groups excluding carboxylic acids is 2. The number of nitrogens with zero attached hydrogens (tertiary/aromatic N) is 1. The fraction of sp³-hybridized carbons (Fsp3) is 0.0870. The summed E-state index contributed by atoms with van der Waals surface area (Å²) in [5, 5.41) is 5.63. The third kappa shape index (κ3) is 5.04. The van der Waals surface area contributed by atoms with Gasteiger partial charge in [-0.15, -0.1) is 6.58 Å². The van der Waals surface area contributed by atoms with Crippen LogP contribution in [0.1, 0.15) is 21.7 Å². The third-order valence-electron chi connectivity index (χ3n) is 4.23. The summed E-state index contributed by atoms with van der Waals surface area (Å²) >= 11 is 6.12. The number of carbonyl (C=O) groups is 2. The molecule has 0 aliphatic heterocycles. The predicted octanol–water partition coefficient (Wildman–Crippen LogP) is 4.38. The smallest absolute Gasteiger partial charge is 0.268 e. The van der Waals surface area contributed by atoms with Gasteiger partial charge >= 0.3 is 0 Å². The molecule has 0 saturated carbocycles. The van der Waals surface area contributed by atoms with E-state index in [2.05, 4.69) is 22.2 Å². The van der Waals surface area contributed by atoms with E-state index in [1.54, 1.807) is 48.7 Å². The molecule has 6 nitrogen and oxygen atoms in total. The van der Waals surface area contributed by atoms with E-state index in [1.807, 2.05) is 19.1 Å². The van der Waals surface area contributed by atoms with Gasteiger partial charge in [0.1, 0.15) is 22.4 Å². The van der Waals surface area contributed by atoms with Gasteiger partial charge in [0.05, 0.1) is 5.56 Å². The number of hydrogen-bond acceptors (Lipinski definition) is 4. The van der Waals surface area contributed by atoms with Crippen LogP contribution in [0.15, 0.2) is 77.5 Å². The molecule has 0 aliphatic rings. The van der Waals surface area contributed by atoms with Crippen molar-refractivity contribution in [2.45, 2.75) is 6.92 Å². The van der Waals surface area contributed by atoms with E-state index in [9.17, 15) is 9.59 Å². The summed E-state index contributed by atoms with van der Waals surface area (Å²) in [6.45, 7) is 5.66. The Morgan fingerprint density at radius 1 is 1.17 bits per heavy atom. The van der Waals surface area contributed by atoms with Crippen LogP contribution in [0, 0.1) is 6.92 Å². The van der Waals surface area contributed by atoms with Crippen LogP contribution in [0.25, 0.3) is 17.4 Å². The van der Waals surface area contributed by atoms with Crippen molar-refractivity contribution in [2.75, 3.05) is 6.54 Å². The molecule has 0 atom stereocenters. The summed E-state index contributed by atoms with van der Waals surface area (Å²) in [7, 11) is 0. The van der Waals surface area contributed by atoms with E-state index >= 15 is 0 Å². The molecule has 7 heteroatoms. The maximum atomic E-state index is 12.7. The standard InChI is InChI=1S/C23H20ClN3O3/c1-3-12-26-23(29)19(27-22(28)17-8-5-4-7-15(17)2)14-16-10-11-20(30-16)18-9-6-13-25-21(18)24/h3-11,13-14H,1,12H2,2H3,(H,26,29)(H,27,28)/b19-14+. The number of aryl methyl sites for hydroxylation is 1. The largest absolute Gasteiger partial charge is 0.457 e. The molecule has 0 fully saturated rings. The number of aromatic nitrogens is 1. The first kappa shape index (κ1) is 21.1. The average Bonchev–Trinajstić information content (AvgIpc) is 3.20. The van der Waals surface area contributed by atoms with Gasteiger partial charge in [0.2, 0.25) is 0 Å². The summed E-state index contributed by atoms with van der Waals surface area (Å²) in [6, 6.07) is 14.0. The second-order valence-corrected chi connectivity index (χ2v) is 6.73. The van der Waals surface area contributed by atoms with E-state index < -0.39 is 11.8 Å². The van der Waals surface area contributed by atoms with Gasteiger partial charge < -0.3 is 15.1 Å². The molecule has 0 spiro atoms. The van der Waals surface area contributed by atoms with E-state index in [1.165, 1.54) is 6.08 Å². The topological polar surface area (TPSA) is 84.2 Å². The van der Waals surface area contributed by atoms with Crippen molar-refractivity contribution in [3.63, 3.8) is 0 Å². The Morgan fingerprint density at radius 2 is 1.97 bits per heavy atom. The van der Waals surface area contributed by atoms with Crippen molar-refractivity contribution < 1.29 is 14.0 Å². The van der Waals surface area contributed by atoms with E-state index in [0.717, 1.165) is 5.56 Å². The lowest BCUT2D eigenvalue weighted by atomic mass is 10.1. The second-order valence-electron chi connectivity index (χ2n) is 6.37. The predicted molar refractivity (Wildman–Crippen MR) is 117 cm³/mol. The number of hydrogen-bond donors (Lipinski definition) is 2. The summed E-state index contributed by atoms with van der Waals surface area (Å²) in [5.74, 6) is 0.0126. The highest BCUT2D eigenvalue weighted by atomic mass is 35.5. The molecule has 30 heavy (non-hydrogen) atoms. The zero-order valence-electron chi connectivity index (χ0n) is 16.3. The number of pyridine rings is 1. The van der Waals surface area contributed by atoms with Crippen LogP contribution in [0.2, 0.25) is 5.15 Å². The molecule has 2 N–H and O–H groups in total. The maximum Gasteiger partial charge on any atom is 0.268 e. The Morgan fingerprint density at radius 3 is 2.70 bits per heavy atom. The van der Waals surface area contributed by atoms with Gasteiger partial charge in [0, 0.05) is 24.4 Å². The highest BCUT2D eigenvalue weighted by Crippen LogP contribution is 2.28. The molecule has 0 saturated heterocycles. The number of benzene rings is 1. The monoisotopic (exact) mass is 421 g/mol. The Labute approximate surface area is 179 Å². The molecule has 2 amide bonds. The van der Waals surface area contributed by atoms with Crippen molar-refractivity contribution >= 4 is 29.5 Å². The van der Waals surface area contributed by atoms with Gasteiger partial charge in [-0.3, -0.25) is 9.59 Å². The van der Waals surface area contributed by atoms with Crippen LogP contribution in [0.3, 0.4) is 0 Å². The lowest BCUT2D eigenvalue weighted by Crippen LogP contribution is -2.35. The number of amides is 2. The van der Waals surface area contributed by atoms with Crippen LogP contribution in [0.4, 0.5) is 0 Å². The average molecular weight is 422 g/mol. The van der Waals surface area contributed by atoms with Gasteiger partial charge in [-0.2, -0.15) is 0 Å². The zero-order valence-corrected chi connectivity index (χ0v) is 17.1. The number of furan rings is 1. The molecule has 0 unspecified atom stereocenters. The van der Waals surface area contributed by atoms with E-state index in [-0.39, 0.29) is 12.2 Å². The third-order valence-corrected chi connectivity index (χ3v) is 4.53. The SMILES string of the molecule is C=CCNC(=O)/C(=C\c1ccc(-c2cccnc2Cl)o1)NC(=O)c1ccccc1C. The molecule has 0 bridgehead atoms. The molecule has 1 aromatic carbocycles. The molecule has 152 valence electrons. The Hall–Kier alpha value is -3.64. The molecule has 0 aliphatic carbocycles. The Kier molecular flexibility index (Phi) is 6.83. The fourth-order valence-electron chi connectivity index (χ4n) is 2.72. The Bertz CT molecular complexity index is 1120. The van der Waals surface area contributed by atoms with Gasteiger partial charge in [0.15, 0.2) is 0 Å². The van der Waals surface area contributed by atoms with Crippen LogP contribution >= 0.6 is 11.6 Å². The van der Waals surface area contributed by atoms with E-state index in [4.69, 9.17) is 16.0 Å². The first-order chi connectivity index (χ1) is 14.5. The first-order valence-electron chi connectivity index (χ1n) is 9.18.